The summed E-state index contributed by atoms with van der Waals surface area (Å²) >= 11 is 1.47. The minimum atomic E-state index is -0.350. The van der Waals surface area contributed by atoms with Gasteiger partial charge in [0.1, 0.15) is 6.61 Å². The summed E-state index contributed by atoms with van der Waals surface area (Å²) in [5, 5.41) is 5.90. The fourth-order valence-corrected chi connectivity index (χ4v) is 4.63. The van der Waals surface area contributed by atoms with E-state index in [9.17, 15) is 9.59 Å². The maximum atomic E-state index is 12.4. The van der Waals surface area contributed by atoms with Crippen molar-refractivity contribution in [2.24, 2.45) is 5.92 Å². The highest BCUT2D eigenvalue weighted by Crippen LogP contribution is 2.30. The molecule has 1 aromatic heterocycles. The molecule has 1 N–H and O–H groups in total. The Kier molecular flexibility index (Phi) is 5.62. The van der Waals surface area contributed by atoms with E-state index in [0.29, 0.717) is 18.3 Å². The molecule has 0 radical (unpaired) electrons. The van der Waals surface area contributed by atoms with E-state index in [1.54, 1.807) is 0 Å². The lowest BCUT2D eigenvalue weighted by Crippen LogP contribution is -2.35. The van der Waals surface area contributed by atoms with E-state index >= 15 is 0 Å². The van der Waals surface area contributed by atoms with Crippen molar-refractivity contribution >= 4 is 34.0 Å². The molecule has 1 aliphatic carbocycles. The number of esters is 1. The summed E-state index contributed by atoms with van der Waals surface area (Å²) in [6.07, 6.45) is 4.73. The molecular formula is C21H25N3O3S. The molecule has 0 unspecified atom stereocenters. The molecule has 2 heterocycles. The van der Waals surface area contributed by atoms with Crippen molar-refractivity contribution in [1.82, 2.24) is 9.88 Å². The standard InChI is InChI=1S/C21H25N3O3S/c1-14-6-8-16(9-7-14)22-21-23-17(13-28-21)12-27-20(26)15-10-19(25)24(11-15)18-4-2-3-5-18/h6-9,13,15,18H,2-5,10-12H2,1H3,(H,22,23)/t15-/m0/s1. The third-order valence-electron chi connectivity index (χ3n) is 5.47. The van der Waals surface area contributed by atoms with Crippen LogP contribution in [0.4, 0.5) is 10.8 Å². The van der Waals surface area contributed by atoms with E-state index in [4.69, 9.17) is 4.74 Å². The van der Waals surface area contributed by atoms with Gasteiger partial charge in [-0.3, -0.25) is 9.59 Å². The molecule has 0 spiro atoms. The van der Waals surface area contributed by atoms with Crippen LogP contribution in [0.1, 0.15) is 43.4 Å². The van der Waals surface area contributed by atoms with Crippen molar-refractivity contribution in [3.05, 3.63) is 40.9 Å². The minimum Gasteiger partial charge on any atom is -0.459 e. The molecule has 1 aliphatic heterocycles. The number of anilines is 2. The number of carbonyl (C=O) groups is 2. The van der Waals surface area contributed by atoms with Gasteiger partial charge in [0.05, 0.1) is 11.6 Å². The van der Waals surface area contributed by atoms with E-state index in [-0.39, 0.29) is 30.8 Å². The van der Waals surface area contributed by atoms with Gasteiger partial charge in [-0.15, -0.1) is 11.3 Å². The summed E-state index contributed by atoms with van der Waals surface area (Å²) in [7, 11) is 0. The van der Waals surface area contributed by atoms with Crippen molar-refractivity contribution in [1.29, 1.82) is 0 Å². The molecule has 6 nitrogen and oxygen atoms in total. The predicted molar refractivity (Wildman–Crippen MR) is 108 cm³/mol. The number of likely N-dealkylation sites (tertiary alicyclic amines) is 1. The molecule has 1 atom stereocenters. The van der Waals surface area contributed by atoms with Crippen LogP contribution in [0.3, 0.4) is 0 Å². The SMILES string of the molecule is Cc1ccc(Nc2nc(COC(=O)[C@H]3CC(=O)N(C4CCCC4)C3)cs2)cc1. The predicted octanol–water partition coefficient (Wildman–Crippen LogP) is 4.03. The Balaban J connectivity index is 1.27. The van der Waals surface area contributed by atoms with Crippen molar-refractivity contribution in [3.63, 3.8) is 0 Å². The molecule has 2 aliphatic rings. The number of aromatic nitrogens is 1. The monoisotopic (exact) mass is 399 g/mol. The Morgan fingerprint density at radius 2 is 2.04 bits per heavy atom. The van der Waals surface area contributed by atoms with Crippen molar-refractivity contribution in [3.8, 4) is 0 Å². The molecule has 1 aromatic carbocycles. The first-order valence-corrected chi connectivity index (χ1v) is 10.7. The average molecular weight is 400 g/mol. The zero-order chi connectivity index (χ0) is 19.5. The van der Waals surface area contributed by atoms with Gasteiger partial charge >= 0.3 is 5.97 Å². The summed E-state index contributed by atoms with van der Waals surface area (Å²) in [6, 6.07) is 8.40. The van der Waals surface area contributed by atoms with Gasteiger partial charge in [0.15, 0.2) is 5.13 Å². The van der Waals surface area contributed by atoms with Crippen LogP contribution >= 0.6 is 11.3 Å². The van der Waals surface area contributed by atoms with Gasteiger partial charge in [0, 0.05) is 30.1 Å². The Morgan fingerprint density at radius 1 is 1.29 bits per heavy atom. The van der Waals surface area contributed by atoms with E-state index in [1.165, 1.54) is 29.7 Å². The molecule has 0 bridgehead atoms. The summed E-state index contributed by atoms with van der Waals surface area (Å²) in [6.45, 7) is 2.68. The number of amides is 1. The zero-order valence-electron chi connectivity index (χ0n) is 16.0. The first-order chi connectivity index (χ1) is 13.6. The summed E-state index contributed by atoms with van der Waals surface area (Å²) in [5.74, 6) is -0.557. The fourth-order valence-electron chi connectivity index (χ4n) is 3.91. The zero-order valence-corrected chi connectivity index (χ0v) is 16.8. The minimum absolute atomic E-state index is 0.0899. The number of hydrogen-bond acceptors (Lipinski definition) is 6. The lowest BCUT2D eigenvalue weighted by molar-refractivity contribution is -0.149. The lowest BCUT2D eigenvalue weighted by Gasteiger charge is -2.23. The number of benzene rings is 1. The number of nitrogens with zero attached hydrogens (tertiary/aromatic N) is 2. The number of nitrogens with one attached hydrogen (secondary N) is 1. The van der Waals surface area contributed by atoms with Crippen LogP contribution in [0.15, 0.2) is 29.6 Å². The highest BCUT2D eigenvalue weighted by atomic mass is 32.1. The molecule has 4 rings (SSSR count). The fraction of sp³-hybridized carbons (Fsp3) is 0.476. The second kappa shape index (κ2) is 8.31. The third-order valence-corrected chi connectivity index (χ3v) is 6.28. The summed E-state index contributed by atoms with van der Waals surface area (Å²) in [5.41, 5.74) is 2.89. The number of aryl methyl sites for hydroxylation is 1. The lowest BCUT2D eigenvalue weighted by atomic mass is 10.1. The van der Waals surface area contributed by atoms with Crippen LogP contribution in [0.5, 0.6) is 0 Å². The van der Waals surface area contributed by atoms with Crippen LogP contribution in [0.2, 0.25) is 0 Å². The molecule has 7 heteroatoms. The van der Waals surface area contributed by atoms with Gasteiger partial charge in [-0.05, 0) is 31.9 Å². The van der Waals surface area contributed by atoms with Crippen molar-refractivity contribution < 1.29 is 14.3 Å². The number of rotatable bonds is 6. The first-order valence-electron chi connectivity index (χ1n) is 9.82. The highest BCUT2D eigenvalue weighted by Gasteiger charge is 2.39. The normalized spacial score (nSPS) is 20.0. The number of thiazole rings is 1. The molecular weight excluding hydrogens is 374 g/mol. The number of ether oxygens (including phenoxy) is 1. The average Bonchev–Trinajstić information content (AvgIpc) is 3.42. The Bertz CT molecular complexity index is 843. The molecule has 1 saturated carbocycles. The van der Waals surface area contributed by atoms with Crippen LogP contribution in [0, 0.1) is 12.8 Å². The van der Waals surface area contributed by atoms with Gasteiger partial charge in [0.2, 0.25) is 5.91 Å². The second-order valence-electron chi connectivity index (χ2n) is 7.63. The quantitative estimate of drug-likeness (QED) is 0.743. The number of carbonyl (C=O) groups excluding carboxylic acids is 2. The van der Waals surface area contributed by atoms with Crippen molar-refractivity contribution in [2.75, 3.05) is 11.9 Å². The highest BCUT2D eigenvalue weighted by molar-refractivity contribution is 7.13. The van der Waals surface area contributed by atoms with Gasteiger partial charge < -0.3 is 15.0 Å². The Labute approximate surface area is 168 Å². The van der Waals surface area contributed by atoms with Gasteiger partial charge in [-0.1, -0.05) is 30.5 Å². The molecule has 2 fully saturated rings. The van der Waals surface area contributed by atoms with Gasteiger partial charge in [-0.25, -0.2) is 4.98 Å². The maximum Gasteiger partial charge on any atom is 0.311 e. The van der Waals surface area contributed by atoms with Crippen LogP contribution < -0.4 is 5.32 Å². The van der Waals surface area contributed by atoms with Gasteiger partial charge in [0.25, 0.3) is 0 Å². The van der Waals surface area contributed by atoms with Crippen LogP contribution in [-0.2, 0) is 20.9 Å². The van der Waals surface area contributed by atoms with Crippen LogP contribution in [0.25, 0.3) is 0 Å². The Morgan fingerprint density at radius 3 is 2.79 bits per heavy atom. The van der Waals surface area contributed by atoms with E-state index in [2.05, 4.69) is 10.3 Å². The topological polar surface area (TPSA) is 71.5 Å². The second-order valence-corrected chi connectivity index (χ2v) is 8.49. The van der Waals surface area contributed by atoms with E-state index in [0.717, 1.165) is 23.7 Å². The maximum absolute atomic E-state index is 12.4. The molecule has 1 saturated heterocycles. The number of hydrogen-bond donors (Lipinski definition) is 1. The summed E-state index contributed by atoms with van der Waals surface area (Å²) < 4.78 is 5.45. The molecule has 2 aromatic rings. The van der Waals surface area contributed by atoms with Crippen molar-refractivity contribution in [2.45, 2.75) is 51.7 Å². The van der Waals surface area contributed by atoms with Crippen LogP contribution in [-0.4, -0.2) is 34.3 Å². The Hall–Kier alpha value is -2.41. The molecule has 28 heavy (non-hydrogen) atoms. The molecule has 1 amide bonds. The van der Waals surface area contributed by atoms with E-state index < -0.39 is 0 Å². The molecule has 148 valence electrons. The third kappa shape index (κ3) is 4.35. The largest absolute Gasteiger partial charge is 0.459 e. The smallest absolute Gasteiger partial charge is 0.311 e. The summed E-state index contributed by atoms with van der Waals surface area (Å²) in [4.78, 5) is 31.0. The van der Waals surface area contributed by atoms with Gasteiger partial charge in [-0.2, -0.15) is 0 Å². The van der Waals surface area contributed by atoms with E-state index in [1.807, 2.05) is 41.5 Å². The first kappa shape index (κ1) is 18.9.